The van der Waals surface area contributed by atoms with Crippen LogP contribution in [0.4, 0.5) is 5.82 Å². The van der Waals surface area contributed by atoms with Crippen molar-refractivity contribution in [3.05, 3.63) is 17.0 Å². The lowest BCUT2D eigenvalue weighted by molar-refractivity contribution is -0.141. The highest BCUT2D eigenvalue weighted by Gasteiger charge is 2.22. The second-order valence-electron chi connectivity index (χ2n) is 5.09. The maximum Gasteiger partial charge on any atom is 0.328 e. The fourth-order valence-corrected chi connectivity index (χ4v) is 2.21. The van der Waals surface area contributed by atoms with Gasteiger partial charge in [-0.25, -0.2) is 14.8 Å². The first-order chi connectivity index (χ1) is 9.49. The molecule has 1 heterocycles. The van der Waals surface area contributed by atoms with Gasteiger partial charge in [-0.05, 0) is 18.8 Å². The van der Waals surface area contributed by atoms with Gasteiger partial charge in [-0.1, -0.05) is 38.8 Å². The van der Waals surface area contributed by atoms with E-state index in [0.29, 0.717) is 23.3 Å². The topological polar surface area (TPSA) is 64.1 Å². The van der Waals surface area contributed by atoms with Gasteiger partial charge in [-0.15, -0.1) is 0 Å². The number of carbonyl (C=O) groups is 1. The van der Waals surface area contributed by atoms with E-state index < -0.39 is 6.04 Å². The first-order valence-corrected chi connectivity index (χ1v) is 7.21. The summed E-state index contributed by atoms with van der Waals surface area (Å²) >= 11 is 6.10. The summed E-state index contributed by atoms with van der Waals surface area (Å²) < 4.78 is 4.84. The summed E-state index contributed by atoms with van der Waals surface area (Å²) in [6.07, 6.45) is 3.75. The molecule has 0 saturated heterocycles. The largest absolute Gasteiger partial charge is 0.467 e. The Balaban J connectivity index is 2.98. The van der Waals surface area contributed by atoms with Crippen molar-refractivity contribution in [2.45, 2.75) is 46.1 Å². The van der Waals surface area contributed by atoms with Gasteiger partial charge in [0.15, 0.2) is 0 Å². The quantitative estimate of drug-likeness (QED) is 0.619. The zero-order valence-electron chi connectivity index (χ0n) is 12.4. The van der Waals surface area contributed by atoms with Gasteiger partial charge in [0.05, 0.1) is 7.11 Å². The summed E-state index contributed by atoms with van der Waals surface area (Å²) in [6, 6.07) is -0.429. The molecule has 20 heavy (non-hydrogen) atoms. The average Bonchev–Trinajstić information content (AvgIpc) is 2.40. The van der Waals surface area contributed by atoms with Crippen molar-refractivity contribution >= 4 is 23.4 Å². The second-order valence-corrected chi connectivity index (χ2v) is 5.45. The number of methoxy groups -OCH3 is 1. The summed E-state index contributed by atoms with van der Waals surface area (Å²) in [6.45, 7) is 6.16. The number of aromatic nitrogens is 2. The molecule has 0 aliphatic rings. The van der Waals surface area contributed by atoms with Crippen molar-refractivity contribution in [1.29, 1.82) is 0 Å². The molecular weight excluding hydrogens is 278 g/mol. The normalized spacial score (nSPS) is 12.3. The van der Waals surface area contributed by atoms with E-state index in [2.05, 4.69) is 36.1 Å². The van der Waals surface area contributed by atoms with Gasteiger partial charge in [0, 0.05) is 5.56 Å². The SMILES string of the molecule is CCCc1c(Cl)ncnc1NC(CC(C)C)C(=O)OC. The number of rotatable bonds is 7. The van der Waals surface area contributed by atoms with Gasteiger partial charge in [-0.3, -0.25) is 0 Å². The van der Waals surface area contributed by atoms with Gasteiger partial charge in [0.1, 0.15) is 23.3 Å². The Morgan fingerprint density at radius 2 is 2.15 bits per heavy atom. The Bertz CT molecular complexity index is 452. The van der Waals surface area contributed by atoms with Crippen LogP contribution in [-0.2, 0) is 16.0 Å². The van der Waals surface area contributed by atoms with E-state index in [1.807, 2.05) is 0 Å². The fourth-order valence-electron chi connectivity index (χ4n) is 1.98. The summed E-state index contributed by atoms with van der Waals surface area (Å²) in [5, 5.41) is 3.57. The first kappa shape index (κ1) is 16.7. The van der Waals surface area contributed by atoms with Crippen molar-refractivity contribution in [3.63, 3.8) is 0 Å². The molecule has 1 aromatic rings. The molecule has 0 aromatic carbocycles. The molecule has 0 aliphatic carbocycles. The highest BCUT2D eigenvalue weighted by molar-refractivity contribution is 6.30. The van der Waals surface area contributed by atoms with Crippen LogP contribution in [0.25, 0.3) is 0 Å². The van der Waals surface area contributed by atoms with Crippen molar-refractivity contribution in [1.82, 2.24) is 9.97 Å². The molecule has 0 spiro atoms. The van der Waals surface area contributed by atoms with Crippen LogP contribution in [0.15, 0.2) is 6.33 Å². The lowest BCUT2D eigenvalue weighted by Gasteiger charge is -2.20. The molecule has 1 unspecified atom stereocenters. The van der Waals surface area contributed by atoms with Gasteiger partial charge in [-0.2, -0.15) is 0 Å². The third-order valence-electron chi connectivity index (χ3n) is 2.90. The lowest BCUT2D eigenvalue weighted by atomic mass is 10.0. The van der Waals surface area contributed by atoms with Crippen LogP contribution in [0.5, 0.6) is 0 Å². The highest BCUT2D eigenvalue weighted by atomic mass is 35.5. The van der Waals surface area contributed by atoms with Crippen LogP contribution in [0.1, 0.15) is 39.2 Å². The van der Waals surface area contributed by atoms with E-state index in [1.165, 1.54) is 13.4 Å². The van der Waals surface area contributed by atoms with Crippen LogP contribution in [0.2, 0.25) is 5.15 Å². The van der Waals surface area contributed by atoms with Gasteiger partial charge in [0.25, 0.3) is 0 Å². The minimum atomic E-state index is -0.429. The minimum absolute atomic E-state index is 0.295. The van der Waals surface area contributed by atoms with Crippen LogP contribution >= 0.6 is 11.6 Å². The van der Waals surface area contributed by atoms with Crippen LogP contribution < -0.4 is 5.32 Å². The molecule has 0 fully saturated rings. The third-order valence-corrected chi connectivity index (χ3v) is 3.22. The minimum Gasteiger partial charge on any atom is -0.467 e. The molecule has 1 aromatic heterocycles. The zero-order valence-corrected chi connectivity index (χ0v) is 13.2. The number of anilines is 1. The lowest BCUT2D eigenvalue weighted by Crippen LogP contribution is -2.33. The Morgan fingerprint density at radius 3 is 2.70 bits per heavy atom. The Hall–Kier alpha value is -1.36. The fraction of sp³-hybridized carbons (Fsp3) is 0.643. The molecular formula is C14H22ClN3O2. The van der Waals surface area contributed by atoms with Gasteiger partial charge >= 0.3 is 5.97 Å². The van der Waals surface area contributed by atoms with Crippen molar-refractivity contribution in [3.8, 4) is 0 Å². The van der Waals surface area contributed by atoms with Crippen LogP contribution in [0.3, 0.4) is 0 Å². The highest BCUT2D eigenvalue weighted by Crippen LogP contribution is 2.23. The van der Waals surface area contributed by atoms with E-state index in [1.54, 1.807) is 0 Å². The van der Waals surface area contributed by atoms with E-state index in [0.717, 1.165) is 18.4 Å². The number of hydrogen-bond acceptors (Lipinski definition) is 5. The van der Waals surface area contributed by atoms with E-state index >= 15 is 0 Å². The second kappa shape index (κ2) is 8.04. The van der Waals surface area contributed by atoms with Gasteiger partial charge in [0.2, 0.25) is 0 Å². The number of ether oxygens (including phenoxy) is 1. The maximum atomic E-state index is 11.8. The van der Waals surface area contributed by atoms with E-state index in [9.17, 15) is 4.79 Å². The van der Waals surface area contributed by atoms with Crippen LogP contribution in [-0.4, -0.2) is 29.1 Å². The van der Waals surface area contributed by atoms with Crippen molar-refractivity contribution in [2.24, 2.45) is 5.92 Å². The van der Waals surface area contributed by atoms with Crippen LogP contribution in [0, 0.1) is 5.92 Å². The molecule has 1 rings (SSSR count). The Labute approximate surface area is 125 Å². The monoisotopic (exact) mass is 299 g/mol. The average molecular weight is 300 g/mol. The zero-order chi connectivity index (χ0) is 15.1. The number of esters is 1. The number of nitrogens with zero attached hydrogens (tertiary/aromatic N) is 2. The molecule has 0 aliphatic heterocycles. The molecule has 6 heteroatoms. The number of nitrogens with one attached hydrogen (secondary N) is 1. The van der Waals surface area contributed by atoms with Crippen molar-refractivity contribution in [2.75, 3.05) is 12.4 Å². The predicted octanol–water partition coefficient (Wildman–Crippen LogP) is 3.08. The summed E-state index contributed by atoms with van der Waals surface area (Å²) in [5.41, 5.74) is 0.842. The summed E-state index contributed by atoms with van der Waals surface area (Å²) in [4.78, 5) is 20.0. The first-order valence-electron chi connectivity index (χ1n) is 6.83. The molecule has 0 amide bonds. The smallest absolute Gasteiger partial charge is 0.328 e. The number of halogens is 1. The molecule has 1 N–H and O–H groups in total. The standard InChI is InChI=1S/C14H22ClN3O2/c1-5-6-10-12(15)16-8-17-13(10)18-11(7-9(2)3)14(19)20-4/h8-9,11H,5-7H2,1-4H3,(H,16,17,18). The van der Waals surface area contributed by atoms with E-state index in [4.69, 9.17) is 16.3 Å². The summed E-state index contributed by atoms with van der Waals surface area (Å²) in [7, 11) is 1.39. The maximum absolute atomic E-state index is 11.8. The molecule has 112 valence electrons. The number of carbonyl (C=O) groups excluding carboxylic acids is 1. The molecule has 0 bridgehead atoms. The van der Waals surface area contributed by atoms with E-state index in [-0.39, 0.29) is 5.97 Å². The molecule has 0 saturated carbocycles. The molecule has 5 nitrogen and oxygen atoms in total. The third kappa shape index (κ3) is 4.63. The molecule has 1 atom stereocenters. The predicted molar refractivity (Wildman–Crippen MR) is 79.9 cm³/mol. The number of hydrogen-bond donors (Lipinski definition) is 1. The van der Waals surface area contributed by atoms with Crippen molar-refractivity contribution < 1.29 is 9.53 Å². The Morgan fingerprint density at radius 1 is 1.45 bits per heavy atom. The van der Waals surface area contributed by atoms with Gasteiger partial charge < -0.3 is 10.1 Å². The Kier molecular flexibility index (Phi) is 6.71. The molecule has 0 radical (unpaired) electrons. The summed E-state index contributed by atoms with van der Waals surface area (Å²) in [5.74, 6) is 0.678.